The largest absolute Gasteiger partial charge is 0.394 e. The quantitative estimate of drug-likeness (QED) is 0.676. The van der Waals surface area contributed by atoms with E-state index in [0.29, 0.717) is 13.0 Å². The summed E-state index contributed by atoms with van der Waals surface area (Å²) in [4.78, 5) is 26.3. The van der Waals surface area contributed by atoms with Crippen LogP contribution < -0.4 is 10.9 Å². The molecular formula is C25H36N2O3. The molecule has 5 nitrogen and oxygen atoms in total. The summed E-state index contributed by atoms with van der Waals surface area (Å²) in [7, 11) is 0. The summed E-state index contributed by atoms with van der Waals surface area (Å²) in [6.45, 7) is 2.64. The Bertz CT molecular complexity index is 851. The minimum Gasteiger partial charge on any atom is -0.394 e. The van der Waals surface area contributed by atoms with Crippen LogP contribution in [0.25, 0.3) is 0 Å². The van der Waals surface area contributed by atoms with Gasteiger partial charge >= 0.3 is 0 Å². The van der Waals surface area contributed by atoms with E-state index in [1.165, 1.54) is 12.8 Å². The first-order chi connectivity index (χ1) is 14.6. The topological polar surface area (TPSA) is 71.3 Å². The number of aliphatic hydroxyl groups is 1. The maximum atomic E-state index is 13.3. The van der Waals surface area contributed by atoms with Gasteiger partial charge in [-0.15, -0.1) is 0 Å². The van der Waals surface area contributed by atoms with Crippen molar-refractivity contribution in [1.82, 2.24) is 9.88 Å². The van der Waals surface area contributed by atoms with E-state index >= 15 is 0 Å². The fraction of sp³-hybridized carbons (Fsp3) is 0.600. The molecule has 0 aromatic carbocycles. The number of allylic oxidation sites excluding steroid dienone is 3. The third kappa shape index (κ3) is 5.72. The molecule has 0 aliphatic heterocycles. The lowest BCUT2D eigenvalue weighted by Gasteiger charge is -2.22. The van der Waals surface area contributed by atoms with Crippen LogP contribution in [0, 0.1) is 0 Å². The van der Waals surface area contributed by atoms with E-state index in [-0.39, 0.29) is 23.6 Å². The fourth-order valence-corrected chi connectivity index (χ4v) is 4.48. The lowest BCUT2D eigenvalue weighted by molar-refractivity contribution is 0.0914. The van der Waals surface area contributed by atoms with Crippen LogP contribution in [-0.4, -0.2) is 28.2 Å². The molecule has 2 aliphatic rings. The number of aryl methyl sites for hydroxylation is 1. The number of aliphatic hydroxyl groups excluding tert-OH is 1. The maximum absolute atomic E-state index is 13.3. The van der Waals surface area contributed by atoms with E-state index in [2.05, 4.69) is 30.5 Å². The standard InChI is InChI=1S/C25H36N2O3/c1-2-3-15-27-23-14-10-5-4-9-13-20(23)17-22(25(27)30)24(29)26-21(18-28)16-19-11-7-6-8-12-19/h7,11-12,17,21,28H,2-6,8-10,13-16,18H2,1H3,(H,26,29)/t21-/m0/s1. The first-order valence-corrected chi connectivity index (χ1v) is 11.7. The van der Waals surface area contributed by atoms with Crippen molar-refractivity contribution < 1.29 is 9.90 Å². The number of carbonyl (C=O) groups excluding carboxylic acids is 1. The number of hydrogen-bond donors (Lipinski definition) is 2. The van der Waals surface area contributed by atoms with Crippen molar-refractivity contribution in [2.45, 2.75) is 90.1 Å². The molecule has 2 aliphatic carbocycles. The molecule has 0 radical (unpaired) electrons. The highest BCUT2D eigenvalue weighted by molar-refractivity contribution is 5.94. The average Bonchev–Trinajstić information content (AvgIpc) is 2.74. The third-order valence-electron chi connectivity index (χ3n) is 6.19. The van der Waals surface area contributed by atoms with Crippen molar-refractivity contribution in [1.29, 1.82) is 0 Å². The Kier molecular flexibility index (Phi) is 8.50. The molecule has 1 aromatic rings. The molecule has 0 saturated heterocycles. The molecular weight excluding hydrogens is 376 g/mol. The number of amides is 1. The Morgan fingerprint density at radius 2 is 2.00 bits per heavy atom. The number of nitrogens with zero attached hydrogens (tertiary/aromatic N) is 1. The Labute approximate surface area is 179 Å². The molecule has 5 heteroatoms. The molecule has 2 N–H and O–H groups in total. The molecule has 1 heterocycles. The van der Waals surface area contributed by atoms with Gasteiger partial charge in [0.1, 0.15) is 5.56 Å². The average molecular weight is 413 g/mol. The summed E-state index contributed by atoms with van der Waals surface area (Å²) in [5.41, 5.74) is 3.43. The van der Waals surface area contributed by atoms with Crippen LogP contribution in [0.5, 0.6) is 0 Å². The van der Waals surface area contributed by atoms with Gasteiger partial charge in [-0.05, 0) is 63.0 Å². The summed E-state index contributed by atoms with van der Waals surface area (Å²) in [6.07, 6.45) is 17.3. The molecule has 164 valence electrons. The van der Waals surface area contributed by atoms with E-state index < -0.39 is 6.04 Å². The van der Waals surface area contributed by atoms with E-state index in [1.807, 2.05) is 10.6 Å². The van der Waals surface area contributed by atoms with Gasteiger partial charge in [0.2, 0.25) is 0 Å². The molecule has 1 aromatic heterocycles. The van der Waals surface area contributed by atoms with Gasteiger partial charge in [0.25, 0.3) is 11.5 Å². The van der Waals surface area contributed by atoms with Crippen LogP contribution in [0.4, 0.5) is 0 Å². The van der Waals surface area contributed by atoms with Crippen LogP contribution in [-0.2, 0) is 19.4 Å². The molecule has 1 atom stereocenters. The second-order valence-electron chi connectivity index (χ2n) is 8.57. The Balaban J connectivity index is 1.86. The monoisotopic (exact) mass is 412 g/mol. The summed E-state index contributed by atoms with van der Waals surface area (Å²) >= 11 is 0. The van der Waals surface area contributed by atoms with Gasteiger partial charge in [-0.1, -0.05) is 50.0 Å². The van der Waals surface area contributed by atoms with E-state index in [4.69, 9.17) is 0 Å². The second-order valence-corrected chi connectivity index (χ2v) is 8.57. The predicted molar refractivity (Wildman–Crippen MR) is 121 cm³/mol. The molecule has 0 spiro atoms. The van der Waals surface area contributed by atoms with Crippen LogP contribution in [0.1, 0.15) is 86.3 Å². The lowest BCUT2D eigenvalue weighted by Crippen LogP contribution is -2.42. The fourth-order valence-electron chi connectivity index (χ4n) is 4.48. The van der Waals surface area contributed by atoms with Gasteiger partial charge in [-0.25, -0.2) is 0 Å². The number of unbranched alkanes of at least 4 members (excludes halogenated alkanes) is 1. The molecule has 3 rings (SSSR count). The minimum atomic E-state index is -0.392. The van der Waals surface area contributed by atoms with Crippen molar-refractivity contribution in [2.24, 2.45) is 0 Å². The van der Waals surface area contributed by atoms with E-state index in [0.717, 1.165) is 68.2 Å². The zero-order valence-electron chi connectivity index (χ0n) is 18.3. The van der Waals surface area contributed by atoms with Gasteiger partial charge in [0, 0.05) is 12.2 Å². The molecule has 0 fully saturated rings. The van der Waals surface area contributed by atoms with Crippen LogP contribution in [0.2, 0.25) is 0 Å². The highest BCUT2D eigenvalue weighted by atomic mass is 16.3. The Morgan fingerprint density at radius 3 is 2.70 bits per heavy atom. The normalized spacial score (nSPS) is 17.5. The van der Waals surface area contributed by atoms with Gasteiger partial charge in [0.15, 0.2) is 0 Å². The lowest BCUT2D eigenvalue weighted by atomic mass is 9.95. The Morgan fingerprint density at radius 1 is 1.20 bits per heavy atom. The maximum Gasteiger partial charge on any atom is 0.263 e. The van der Waals surface area contributed by atoms with Crippen LogP contribution in [0.15, 0.2) is 34.7 Å². The number of carbonyl (C=O) groups is 1. The number of fused-ring (bicyclic) bond motifs is 1. The minimum absolute atomic E-state index is 0.147. The second kappa shape index (κ2) is 11.3. The summed E-state index contributed by atoms with van der Waals surface area (Å²) in [5, 5.41) is 12.7. The predicted octanol–water partition coefficient (Wildman–Crippen LogP) is 4.06. The van der Waals surface area contributed by atoms with Crippen molar-refractivity contribution in [3.63, 3.8) is 0 Å². The Hall–Kier alpha value is -2.14. The van der Waals surface area contributed by atoms with Gasteiger partial charge in [-0.3, -0.25) is 9.59 Å². The molecule has 30 heavy (non-hydrogen) atoms. The first kappa shape index (κ1) is 22.5. The highest BCUT2D eigenvalue weighted by Gasteiger charge is 2.22. The van der Waals surface area contributed by atoms with Gasteiger partial charge in [0.05, 0.1) is 12.6 Å². The zero-order chi connectivity index (χ0) is 21.3. The molecule has 1 amide bonds. The van der Waals surface area contributed by atoms with Crippen LogP contribution >= 0.6 is 0 Å². The SMILES string of the molecule is CCCCn1c2c(cc(C(=O)N[C@H](CO)CC3=CCCC=C3)c1=O)CCCCCC2. The molecule has 0 saturated carbocycles. The van der Waals surface area contributed by atoms with Crippen molar-refractivity contribution >= 4 is 5.91 Å². The van der Waals surface area contributed by atoms with E-state index in [1.54, 1.807) is 0 Å². The van der Waals surface area contributed by atoms with Crippen LogP contribution in [0.3, 0.4) is 0 Å². The number of hydrogen-bond acceptors (Lipinski definition) is 3. The van der Waals surface area contributed by atoms with Crippen molar-refractivity contribution in [2.75, 3.05) is 6.61 Å². The molecule has 0 bridgehead atoms. The number of rotatable bonds is 8. The van der Waals surface area contributed by atoms with E-state index in [9.17, 15) is 14.7 Å². The highest BCUT2D eigenvalue weighted by Crippen LogP contribution is 2.21. The van der Waals surface area contributed by atoms with Crippen molar-refractivity contribution in [3.05, 3.63) is 57.0 Å². The number of pyridine rings is 1. The smallest absolute Gasteiger partial charge is 0.263 e. The van der Waals surface area contributed by atoms with Gasteiger partial charge in [-0.2, -0.15) is 0 Å². The zero-order valence-corrected chi connectivity index (χ0v) is 18.3. The number of nitrogens with one attached hydrogen (secondary N) is 1. The van der Waals surface area contributed by atoms with Gasteiger partial charge < -0.3 is 15.0 Å². The molecule has 0 unspecified atom stereocenters. The summed E-state index contributed by atoms with van der Waals surface area (Å²) < 4.78 is 1.86. The summed E-state index contributed by atoms with van der Waals surface area (Å²) in [6, 6.07) is 1.44. The first-order valence-electron chi connectivity index (χ1n) is 11.7. The number of aromatic nitrogens is 1. The van der Waals surface area contributed by atoms with Crippen molar-refractivity contribution in [3.8, 4) is 0 Å². The summed E-state index contributed by atoms with van der Waals surface area (Å²) in [5.74, 6) is -0.366. The third-order valence-corrected chi connectivity index (χ3v) is 6.19.